The molecular weight excluding hydrogens is 368 g/mol. The van der Waals surface area contributed by atoms with Crippen LogP contribution in [0, 0.1) is 0 Å². The number of hydrogen-bond donors (Lipinski definition) is 1. The van der Waals surface area contributed by atoms with Crippen LogP contribution in [-0.4, -0.2) is 57.8 Å². The van der Waals surface area contributed by atoms with Gasteiger partial charge in [-0.1, -0.05) is 11.6 Å². The molecule has 1 saturated heterocycles. The van der Waals surface area contributed by atoms with E-state index < -0.39 is 5.60 Å². The number of aromatic nitrogens is 2. The second-order valence-corrected chi connectivity index (χ2v) is 7.79. The number of benzene rings is 1. The molecule has 1 aliphatic heterocycles. The quantitative estimate of drug-likeness (QED) is 0.844. The Hall–Kier alpha value is -2.54. The summed E-state index contributed by atoms with van der Waals surface area (Å²) in [4.78, 5) is 24.8. The lowest BCUT2D eigenvalue weighted by atomic mass is 10.1. The van der Waals surface area contributed by atoms with Gasteiger partial charge in [0.2, 0.25) is 5.95 Å². The van der Waals surface area contributed by atoms with Gasteiger partial charge < -0.3 is 19.6 Å². The van der Waals surface area contributed by atoms with E-state index >= 15 is 0 Å². The van der Waals surface area contributed by atoms with E-state index in [0.717, 1.165) is 0 Å². The molecule has 0 atom stereocenters. The number of carbonyl (C=O) groups is 1. The molecule has 1 aliphatic rings. The number of halogens is 1. The second-order valence-electron chi connectivity index (χ2n) is 7.36. The van der Waals surface area contributed by atoms with E-state index in [-0.39, 0.29) is 11.8 Å². The first-order chi connectivity index (χ1) is 12.7. The van der Waals surface area contributed by atoms with Gasteiger partial charge in [-0.15, -0.1) is 0 Å². The van der Waals surface area contributed by atoms with Crippen LogP contribution in [0.1, 0.15) is 20.8 Å². The maximum Gasteiger partial charge on any atom is 0.410 e. The molecule has 1 fully saturated rings. The highest BCUT2D eigenvalue weighted by molar-refractivity contribution is 6.30. The van der Waals surface area contributed by atoms with Gasteiger partial charge in [0.25, 0.3) is 0 Å². The van der Waals surface area contributed by atoms with Crippen molar-refractivity contribution in [2.45, 2.75) is 26.4 Å². The normalized spacial score (nSPS) is 15.0. The lowest BCUT2D eigenvalue weighted by Gasteiger charge is -2.35. The Morgan fingerprint density at radius 3 is 2.56 bits per heavy atom. The smallest absolute Gasteiger partial charge is 0.410 e. The van der Waals surface area contributed by atoms with Gasteiger partial charge in [0, 0.05) is 43.0 Å². The fourth-order valence-electron chi connectivity index (χ4n) is 2.78. The first-order valence-corrected chi connectivity index (χ1v) is 9.15. The first kappa shape index (κ1) is 19.2. The lowest BCUT2D eigenvalue weighted by Crippen LogP contribution is -2.50. The molecule has 2 aromatic rings. The molecule has 7 nitrogen and oxygen atoms in total. The Balaban J connectivity index is 1.70. The zero-order valence-corrected chi connectivity index (χ0v) is 16.4. The molecule has 1 amide bonds. The van der Waals surface area contributed by atoms with Crippen molar-refractivity contribution < 1.29 is 14.6 Å². The topological polar surface area (TPSA) is 78.8 Å². The fraction of sp³-hybridized carbons (Fsp3) is 0.421. The van der Waals surface area contributed by atoms with Gasteiger partial charge in [-0.3, -0.25) is 0 Å². The molecule has 0 radical (unpaired) electrons. The molecule has 0 saturated carbocycles. The third kappa shape index (κ3) is 4.80. The Morgan fingerprint density at radius 2 is 1.89 bits per heavy atom. The largest absolute Gasteiger partial charge is 0.507 e. The molecule has 3 rings (SSSR count). The third-order valence-electron chi connectivity index (χ3n) is 4.09. The minimum absolute atomic E-state index is 0.110. The van der Waals surface area contributed by atoms with Crippen LogP contribution in [-0.2, 0) is 4.74 Å². The van der Waals surface area contributed by atoms with Gasteiger partial charge in [0.05, 0.1) is 5.69 Å². The van der Waals surface area contributed by atoms with Crippen molar-refractivity contribution in [3.05, 3.63) is 35.5 Å². The number of anilines is 1. The van der Waals surface area contributed by atoms with Crippen LogP contribution in [0.3, 0.4) is 0 Å². The summed E-state index contributed by atoms with van der Waals surface area (Å²) in [5, 5.41) is 10.6. The van der Waals surface area contributed by atoms with Crippen LogP contribution in [0.25, 0.3) is 11.3 Å². The lowest BCUT2D eigenvalue weighted by molar-refractivity contribution is 0.0240. The number of nitrogens with zero attached hydrogens (tertiary/aromatic N) is 4. The van der Waals surface area contributed by atoms with Crippen LogP contribution < -0.4 is 4.90 Å². The van der Waals surface area contributed by atoms with Crippen molar-refractivity contribution in [1.82, 2.24) is 14.9 Å². The van der Waals surface area contributed by atoms with Crippen molar-refractivity contribution in [1.29, 1.82) is 0 Å². The van der Waals surface area contributed by atoms with Crippen molar-refractivity contribution in [2.24, 2.45) is 0 Å². The molecule has 1 N–H and O–H groups in total. The van der Waals surface area contributed by atoms with E-state index in [1.165, 1.54) is 0 Å². The van der Waals surface area contributed by atoms with Crippen molar-refractivity contribution >= 4 is 23.6 Å². The average molecular weight is 391 g/mol. The summed E-state index contributed by atoms with van der Waals surface area (Å²) < 4.78 is 5.42. The molecule has 2 heterocycles. The summed E-state index contributed by atoms with van der Waals surface area (Å²) in [6.45, 7) is 7.83. The van der Waals surface area contributed by atoms with E-state index in [1.54, 1.807) is 35.4 Å². The van der Waals surface area contributed by atoms with E-state index in [1.807, 2.05) is 25.7 Å². The molecule has 0 bridgehead atoms. The maximum atomic E-state index is 12.2. The summed E-state index contributed by atoms with van der Waals surface area (Å²) in [7, 11) is 0. The van der Waals surface area contributed by atoms with Crippen LogP contribution in [0.15, 0.2) is 30.5 Å². The predicted molar refractivity (Wildman–Crippen MR) is 104 cm³/mol. The van der Waals surface area contributed by atoms with Crippen LogP contribution in [0.2, 0.25) is 5.02 Å². The van der Waals surface area contributed by atoms with Gasteiger partial charge in [0.15, 0.2) is 0 Å². The molecule has 1 aromatic heterocycles. The van der Waals surface area contributed by atoms with Gasteiger partial charge in [0.1, 0.15) is 11.4 Å². The fourth-order valence-corrected chi connectivity index (χ4v) is 2.95. The summed E-state index contributed by atoms with van der Waals surface area (Å²) >= 11 is 6.03. The predicted octanol–water partition coefficient (Wildman–Crippen LogP) is 3.56. The number of aromatic hydroxyl groups is 1. The second kappa shape index (κ2) is 7.60. The molecule has 27 heavy (non-hydrogen) atoms. The number of piperazine rings is 1. The highest BCUT2D eigenvalue weighted by Gasteiger charge is 2.26. The van der Waals surface area contributed by atoms with E-state index in [0.29, 0.717) is 48.4 Å². The number of carbonyl (C=O) groups excluding carboxylic acids is 1. The minimum Gasteiger partial charge on any atom is -0.507 e. The average Bonchev–Trinajstić information content (AvgIpc) is 2.62. The number of phenols is 1. The Labute approximate surface area is 163 Å². The van der Waals surface area contributed by atoms with Gasteiger partial charge in [-0.2, -0.15) is 0 Å². The van der Waals surface area contributed by atoms with Crippen molar-refractivity contribution in [3.63, 3.8) is 0 Å². The monoisotopic (exact) mass is 390 g/mol. The number of hydrogen-bond acceptors (Lipinski definition) is 6. The number of rotatable bonds is 2. The Bertz CT molecular complexity index is 830. The molecule has 1 aromatic carbocycles. The number of amides is 1. The Morgan fingerprint density at radius 1 is 1.19 bits per heavy atom. The number of ether oxygens (including phenoxy) is 1. The van der Waals surface area contributed by atoms with E-state index in [2.05, 4.69) is 9.97 Å². The summed E-state index contributed by atoms with van der Waals surface area (Å²) in [6.07, 6.45) is 1.35. The summed E-state index contributed by atoms with van der Waals surface area (Å²) in [5.74, 6) is 0.662. The minimum atomic E-state index is -0.509. The highest BCUT2D eigenvalue weighted by Crippen LogP contribution is 2.31. The van der Waals surface area contributed by atoms with Crippen molar-refractivity contribution in [3.8, 4) is 17.0 Å². The van der Waals surface area contributed by atoms with Crippen molar-refractivity contribution in [2.75, 3.05) is 31.1 Å². The third-order valence-corrected chi connectivity index (χ3v) is 4.33. The Kier molecular flexibility index (Phi) is 5.41. The maximum absolute atomic E-state index is 12.2. The molecular formula is C19H23ClN4O3. The van der Waals surface area contributed by atoms with Crippen LogP contribution >= 0.6 is 11.6 Å². The van der Waals surface area contributed by atoms with Gasteiger partial charge in [-0.25, -0.2) is 14.8 Å². The molecule has 8 heteroatoms. The number of phenolic OH excluding ortho intramolecular Hbond substituents is 1. The van der Waals surface area contributed by atoms with Crippen LogP contribution in [0.4, 0.5) is 10.7 Å². The molecule has 0 spiro atoms. The zero-order valence-electron chi connectivity index (χ0n) is 15.6. The molecule has 144 valence electrons. The standard InChI is InChI=1S/C19H23ClN4O3/c1-19(2,3)27-18(26)24-10-8-23(9-11-24)17-21-7-6-15(22-17)14-12-13(20)4-5-16(14)25/h4-7,12,25H,8-11H2,1-3H3. The van der Waals surface area contributed by atoms with Gasteiger partial charge in [-0.05, 0) is 45.0 Å². The SMILES string of the molecule is CC(C)(C)OC(=O)N1CCN(c2nccc(-c3cc(Cl)ccc3O)n2)CC1. The van der Waals surface area contributed by atoms with Gasteiger partial charge >= 0.3 is 6.09 Å². The highest BCUT2D eigenvalue weighted by atomic mass is 35.5. The first-order valence-electron chi connectivity index (χ1n) is 8.78. The van der Waals surface area contributed by atoms with Crippen LogP contribution in [0.5, 0.6) is 5.75 Å². The van der Waals surface area contributed by atoms with E-state index in [4.69, 9.17) is 16.3 Å². The summed E-state index contributed by atoms with van der Waals surface area (Å²) in [6, 6.07) is 6.56. The van der Waals surface area contributed by atoms with E-state index in [9.17, 15) is 9.90 Å². The summed E-state index contributed by atoms with van der Waals surface area (Å²) in [5.41, 5.74) is 0.637. The molecule has 0 unspecified atom stereocenters. The zero-order chi connectivity index (χ0) is 19.6. The molecule has 0 aliphatic carbocycles.